The molecule has 0 saturated heterocycles. The Bertz CT molecular complexity index is 1670. The molecule has 0 spiro atoms. The highest BCUT2D eigenvalue weighted by atomic mass is 35.5. The van der Waals surface area contributed by atoms with E-state index in [1.807, 2.05) is 80.6 Å². The maximum absolute atomic E-state index is 12.5. The Kier molecular flexibility index (Phi) is 8.14. The van der Waals surface area contributed by atoms with E-state index in [0.717, 1.165) is 22.3 Å². The summed E-state index contributed by atoms with van der Waals surface area (Å²) in [5.74, 6) is 0.902. The van der Waals surface area contributed by atoms with E-state index < -0.39 is 11.9 Å². The summed E-state index contributed by atoms with van der Waals surface area (Å²) >= 11 is 6.23. The highest BCUT2D eigenvalue weighted by Gasteiger charge is 2.31. The minimum Gasteiger partial charge on any atom is -0.489 e. The normalized spacial score (nSPS) is 14.0. The number of rotatable bonds is 8. The van der Waals surface area contributed by atoms with Crippen LogP contribution in [0.5, 0.6) is 23.0 Å². The maximum Gasteiger partial charge on any atom is 0.349 e. The molecule has 4 aromatic carbocycles. The number of nitriles is 1. The molecule has 1 aliphatic heterocycles. The number of allylic oxidation sites excluding steroid dienone is 1. The van der Waals surface area contributed by atoms with Crippen LogP contribution in [-0.2, 0) is 11.4 Å². The van der Waals surface area contributed by atoms with E-state index in [-0.39, 0.29) is 23.8 Å². The van der Waals surface area contributed by atoms with Gasteiger partial charge < -0.3 is 24.7 Å². The lowest BCUT2D eigenvalue weighted by Gasteiger charge is -2.26. The molecule has 7 nitrogen and oxygen atoms in total. The molecule has 0 aromatic heterocycles. The Labute approximate surface area is 243 Å². The van der Waals surface area contributed by atoms with E-state index in [2.05, 4.69) is 6.07 Å². The molecular formula is C33H27ClN2O5. The first-order chi connectivity index (χ1) is 19.8. The molecule has 0 fully saturated rings. The molecule has 4 aromatic rings. The summed E-state index contributed by atoms with van der Waals surface area (Å²) in [4.78, 5) is 12.5. The number of ether oxygens (including phenoxy) is 4. The third kappa shape index (κ3) is 6.13. The lowest BCUT2D eigenvalue weighted by molar-refractivity contribution is -0.136. The third-order valence-corrected chi connectivity index (χ3v) is 7.26. The quantitative estimate of drug-likeness (QED) is 0.186. The Morgan fingerprint density at radius 3 is 2.49 bits per heavy atom. The number of hydrogen-bond acceptors (Lipinski definition) is 7. The Morgan fingerprint density at radius 1 is 0.976 bits per heavy atom. The van der Waals surface area contributed by atoms with Crippen molar-refractivity contribution >= 4 is 17.6 Å². The van der Waals surface area contributed by atoms with Crippen molar-refractivity contribution in [3.8, 4) is 29.1 Å². The molecule has 2 N–H and O–H groups in total. The fourth-order valence-corrected chi connectivity index (χ4v) is 4.74. The van der Waals surface area contributed by atoms with Gasteiger partial charge >= 0.3 is 5.97 Å². The van der Waals surface area contributed by atoms with Crippen molar-refractivity contribution in [3.63, 3.8) is 0 Å². The Hall–Kier alpha value is -4.93. The first-order valence-electron chi connectivity index (χ1n) is 12.9. The smallest absolute Gasteiger partial charge is 0.349 e. The van der Waals surface area contributed by atoms with Gasteiger partial charge in [0.25, 0.3) is 0 Å². The lowest BCUT2D eigenvalue weighted by atomic mass is 9.83. The van der Waals surface area contributed by atoms with Crippen molar-refractivity contribution in [2.75, 3.05) is 6.61 Å². The van der Waals surface area contributed by atoms with Crippen molar-refractivity contribution in [2.45, 2.75) is 26.4 Å². The minimum absolute atomic E-state index is 0.00854. The standard InChI is InChI=1S/C33H27ClN2O5/c1-20-6-5-9-29(21(20)2)39-19-31(37)40-25-14-15-26-30(16-25)41-33(36)27(17-35)32(26)22-10-12-24(13-11-22)38-18-23-7-3-4-8-28(23)34/h3-16,32H,18-19,36H2,1-2H3. The van der Waals surface area contributed by atoms with Crippen molar-refractivity contribution in [2.24, 2.45) is 5.73 Å². The van der Waals surface area contributed by atoms with Gasteiger partial charge in [-0.2, -0.15) is 5.26 Å². The van der Waals surface area contributed by atoms with Gasteiger partial charge in [0.15, 0.2) is 6.61 Å². The summed E-state index contributed by atoms with van der Waals surface area (Å²) in [5.41, 5.74) is 10.9. The molecule has 206 valence electrons. The van der Waals surface area contributed by atoms with Crippen LogP contribution in [0, 0.1) is 25.2 Å². The summed E-state index contributed by atoms with van der Waals surface area (Å²) in [6, 6.07) is 27.8. The van der Waals surface area contributed by atoms with E-state index in [1.165, 1.54) is 0 Å². The maximum atomic E-state index is 12.5. The first-order valence-corrected chi connectivity index (χ1v) is 13.3. The van der Waals surface area contributed by atoms with Crippen LogP contribution in [0.15, 0.2) is 96.4 Å². The summed E-state index contributed by atoms with van der Waals surface area (Å²) < 4.78 is 22.8. The molecule has 1 unspecified atom stereocenters. The second-order valence-corrected chi connectivity index (χ2v) is 9.94. The number of halogens is 1. The van der Waals surface area contributed by atoms with Crippen LogP contribution in [0.25, 0.3) is 0 Å². The minimum atomic E-state index is -0.563. The average molecular weight is 567 g/mol. The van der Waals surface area contributed by atoms with Gasteiger partial charge in [-0.1, -0.05) is 60.1 Å². The fourth-order valence-electron chi connectivity index (χ4n) is 4.55. The highest BCUT2D eigenvalue weighted by Crippen LogP contribution is 2.43. The van der Waals surface area contributed by atoms with Crippen molar-refractivity contribution in [1.29, 1.82) is 5.26 Å². The van der Waals surface area contributed by atoms with E-state index >= 15 is 0 Å². The molecule has 0 bridgehead atoms. The van der Waals surface area contributed by atoms with Crippen LogP contribution in [0.2, 0.25) is 5.02 Å². The topological polar surface area (TPSA) is 104 Å². The fraction of sp³-hybridized carbons (Fsp3) is 0.152. The molecule has 1 atom stereocenters. The summed E-state index contributed by atoms with van der Waals surface area (Å²) in [6.45, 7) is 3.98. The second-order valence-electron chi connectivity index (χ2n) is 9.53. The lowest BCUT2D eigenvalue weighted by Crippen LogP contribution is -2.21. The van der Waals surface area contributed by atoms with Crippen LogP contribution in [0.4, 0.5) is 0 Å². The van der Waals surface area contributed by atoms with Crippen LogP contribution in [0.3, 0.4) is 0 Å². The Morgan fingerprint density at radius 2 is 1.73 bits per heavy atom. The van der Waals surface area contributed by atoms with E-state index in [0.29, 0.717) is 34.4 Å². The molecule has 1 heterocycles. The van der Waals surface area contributed by atoms with Crippen molar-refractivity contribution in [1.82, 2.24) is 0 Å². The number of benzene rings is 4. The molecule has 0 radical (unpaired) electrons. The summed E-state index contributed by atoms with van der Waals surface area (Å²) in [7, 11) is 0. The zero-order valence-corrected chi connectivity index (χ0v) is 23.3. The SMILES string of the molecule is Cc1cccc(OCC(=O)Oc2ccc3c(c2)OC(N)=C(C#N)C3c2ccc(OCc3ccccc3Cl)cc2)c1C. The zero-order chi connectivity index (χ0) is 28.9. The number of carbonyl (C=O) groups is 1. The zero-order valence-electron chi connectivity index (χ0n) is 22.5. The average Bonchev–Trinajstić information content (AvgIpc) is 2.97. The largest absolute Gasteiger partial charge is 0.489 e. The number of esters is 1. The van der Waals surface area contributed by atoms with E-state index in [9.17, 15) is 10.1 Å². The molecule has 5 rings (SSSR count). The highest BCUT2D eigenvalue weighted by molar-refractivity contribution is 6.31. The van der Waals surface area contributed by atoms with Crippen LogP contribution < -0.4 is 24.7 Å². The molecule has 1 aliphatic rings. The van der Waals surface area contributed by atoms with Gasteiger partial charge in [0.1, 0.15) is 41.2 Å². The number of fused-ring (bicyclic) bond motifs is 1. The molecule has 8 heteroatoms. The second kappa shape index (κ2) is 12.1. The van der Waals surface area contributed by atoms with Gasteiger partial charge in [0, 0.05) is 22.2 Å². The van der Waals surface area contributed by atoms with Gasteiger partial charge in [-0.05, 0) is 60.9 Å². The van der Waals surface area contributed by atoms with Crippen molar-refractivity contribution < 1.29 is 23.7 Å². The summed E-state index contributed by atoms with van der Waals surface area (Å²) in [5, 5.41) is 10.5. The van der Waals surface area contributed by atoms with Crippen molar-refractivity contribution in [3.05, 3.63) is 129 Å². The molecule has 41 heavy (non-hydrogen) atoms. The molecule has 0 aliphatic carbocycles. The monoisotopic (exact) mass is 566 g/mol. The van der Waals surface area contributed by atoms with E-state index in [4.69, 9.17) is 36.3 Å². The van der Waals surface area contributed by atoms with Crippen LogP contribution >= 0.6 is 11.6 Å². The first kappa shape index (κ1) is 27.6. The third-order valence-electron chi connectivity index (χ3n) is 6.89. The Balaban J connectivity index is 1.31. The van der Waals surface area contributed by atoms with Crippen LogP contribution in [0.1, 0.15) is 33.7 Å². The van der Waals surface area contributed by atoms with E-state index in [1.54, 1.807) is 18.2 Å². The number of aryl methyl sites for hydroxylation is 1. The molecule has 0 amide bonds. The molecule has 0 saturated carbocycles. The number of hydrogen-bond donors (Lipinski definition) is 1. The number of nitrogens with two attached hydrogens (primary N) is 1. The van der Waals surface area contributed by atoms with Gasteiger partial charge in [0.2, 0.25) is 5.88 Å². The van der Waals surface area contributed by atoms with Gasteiger partial charge in [0.05, 0.1) is 5.92 Å². The predicted molar refractivity (Wildman–Crippen MR) is 155 cm³/mol. The number of nitrogens with zero attached hydrogens (tertiary/aromatic N) is 1. The predicted octanol–water partition coefficient (Wildman–Crippen LogP) is 6.74. The summed E-state index contributed by atoms with van der Waals surface area (Å²) in [6.07, 6.45) is 0. The van der Waals surface area contributed by atoms with Crippen LogP contribution in [-0.4, -0.2) is 12.6 Å². The van der Waals surface area contributed by atoms with Gasteiger partial charge in [-0.3, -0.25) is 0 Å². The molecular weight excluding hydrogens is 540 g/mol. The van der Waals surface area contributed by atoms with Gasteiger partial charge in [-0.15, -0.1) is 0 Å². The number of carbonyl (C=O) groups excluding carboxylic acids is 1. The van der Waals surface area contributed by atoms with Gasteiger partial charge in [-0.25, -0.2) is 4.79 Å².